The van der Waals surface area contributed by atoms with Gasteiger partial charge in [0.1, 0.15) is 5.54 Å². The van der Waals surface area contributed by atoms with Crippen LogP contribution in [0, 0.1) is 0 Å². The Morgan fingerprint density at radius 3 is 2.72 bits per heavy atom. The van der Waals surface area contributed by atoms with Gasteiger partial charge in [0.05, 0.1) is 19.7 Å². The minimum absolute atomic E-state index is 0.0562. The fraction of sp³-hybridized carbons (Fsp3) is 0.455. The molecule has 2 aromatic rings. The van der Waals surface area contributed by atoms with E-state index in [4.69, 9.17) is 4.74 Å². The van der Waals surface area contributed by atoms with Crippen molar-refractivity contribution in [2.24, 2.45) is 0 Å². The number of nitrogens with zero attached hydrogens (tertiary/aromatic N) is 1. The van der Waals surface area contributed by atoms with Crippen molar-refractivity contribution in [1.29, 1.82) is 0 Å². The number of hydrogen-bond donors (Lipinski definition) is 2. The van der Waals surface area contributed by atoms with E-state index in [0.717, 1.165) is 24.4 Å². The van der Waals surface area contributed by atoms with Gasteiger partial charge in [-0.3, -0.25) is 19.8 Å². The third-order valence-corrected chi connectivity index (χ3v) is 6.39. The van der Waals surface area contributed by atoms with Crippen LogP contribution in [0.4, 0.5) is 0 Å². The van der Waals surface area contributed by atoms with Gasteiger partial charge in [-0.25, -0.2) is 0 Å². The summed E-state index contributed by atoms with van der Waals surface area (Å²) in [5.74, 6) is -0.441. The molecule has 7 heteroatoms. The Bertz CT molecular complexity index is 797. The second kappa shape index (κ2) is 10.0. The van der Waals surface area contributed by atoms with E-state index in [2.05, 4.69) is 27.7 Å². The number of methoxy groups -OCH3 is 1. The number of carbonyl (C=O) groups is 2. The normalized spacial score (nSPS) is 20.8. The Balaban J connectivity index is 1.61. The molecule has 2 heterocycles. The first-order valence-corrected chi connectivity index (χ1v) is 10.8. The summed E-state index contributed by atoms with van der Waals surface area (Å²) >= 11 is 1.61. The fourth-order valence-corrected chi connectivity index (χ4v) is 4.58. The molecule has 156 valence electrons. The first-order valence-electron chi connectivity index (χ1n) is 9.95. The highest BCUT2D eigenvalue weighted by molar-refractivity contribution is 7.10. The molecule has 6 nitrogen and oxygen atoms in total. The summed E-state index contributed by atoms with van der Waals surface area (Å²) in [5.41, 5.74) is 0.335. The molecule has 0 radical (unpaired) electrons. The third-order valence-electron chi connectivity index (χ3n) is 5.33. The molecule has 1 amide bonds. The van der Waals surface area contributed by atoms with Crippen LogP contribution in [0.3, 0.4) is 0 Å². The SMILES string of the molecule is COC(=O)[C@]1(NCC(=O)N[C@@H](C)c2cccs2)CCCN(Cc2ccccc2)C1. The molecule has 1 fully saturated rings. The van der Waals surface area contributed by atoms with Gasteiger partial charge in [0.2, 0.25) is 5.91 Å². The second-order valence-electron chi connectivity index (χ2n) is 7.53. The summed E-state index contributed by atoms with van der Waals surface area (Å²) in [6, 6.07) is 14.1. The van der Waals surface area contributed by atoms with Crippen LogP contribution in [0.15, 0.2) is 47.8 Å². The van der Waals surface area contributed by atoms with Gasteiger partial charge in [-0.2, -0.15) is 0 Å². The lowest BCUT2D eigenvalue weighted by molar-refractivity contribution is -0.151. The third kappa shape index (κ3) is 5.65. The van der Waals surface area contributed by atoms with Crippen molar-refractivity contribution in [1.82, 2.24) is 15.5 Å². The highest BCUT2D eigenvalue weighted by Crippen LogP contribution is 2.24. The topological polar surface area (TPSA) is 70.7 Å². The maximum atomic E-state index is 12.7. The average molecular weight is 416 g/mol. The van der Waals surface area contributed by atoms with Crippen LogP contribution in [-0.4, -0.2) is 49.1 Å². The van der Waals surface area contributed by atoms with Crippen LogP contribution in [0.1, 0.15) is 36.2 Å². The molecule has 0 aliphatic carbocycles. The Hall–Kier alpha value is -2.22. The molecule has 1 aliphatic rings. The van der Waals surface area contributed by atoms with E-state index < -0.39 is 5.54 Å². The van der Waals surface area contributed by atoms with Crippen LogP contribution in [0.2, 0.25) is 0 Å². The predicted molar refractivity (Wildman–Crippen MR) is 115 cm³/mol. The molecule has 1 saturated heterocycles. The highest BCUT2D eigenvalue weighted by Gasteiger charge is 2.43. The molecule has 1 aromatic carbocycles. The Labute approximate surface area is 176 Å². The Morgan fingerprint density at radius 1 is 1.24 bits per heavy atom. The van der Waals surface area contributed by atoms with Gasteiger partial charge in [0.15, 0.2) is 0 Å². The van der Waals surface area contributed by atoms with Crippen LogP contribution in [-0.2, 0) is 20.9 Å². The summed E-state index contributed by atoms with van der Waals surface area (Å²) in [5, 5.41) is 8.21. The number of likely N-dealkylation sites (tertiary alicyclic amines) is 1. The van der Waals surface area contributed by atoms with Crippen LogP contribution < -0.4 is 10.6 Å². The number of hydrogen-bond acceptors (Lipinski definition) is 6. The van der Waals surface area contributed by atoms with E-state index in [-0.39, 0.29) is 24.5 Å². The highest BCUT2D eigenvalue weighted by atomic mass is 32.1. The number of amides is 1. The van der Waals surface area contributed by atoms with Gasteiger partial charge in [-0.1, -0.05) is 36.4 Å². The summed E-state index contributed by atoms with van der Waals surface area (Å²) in [7, 11) is 1.40. The number of esters is 1. The molecule has 2 N–H and O–H groups in total. The molecule has 2 atom stereocenters. The molecule has 1 aliphatic heterocycles. The van der Waals surface area contributed by atoms with E-state index in [0.29, 0.717) is 13.0 Å². The zero-order valence-corrected chi connectivity index (χ0v) is 17.8. The van der Waals surface area contributed by atoms with Gasteiger partial charge < -0.3 is 10.1 Å². The maximum absolute atomic E-state index is 12.7. The number of ether oxygens (including phenoxy) is 1. The van der Waals surface area contributed by atoms with Crippen molar-refractivity contribution >= 4 is 23.2 Å². The van der Waals surface area contributed by atoms with Crippen molar-refractivity contribution in [2.45, 2.75) is 37.9 Å². The summed E-state index contributed by atoms with van der Waals surface area (Å²) < 4.78 is 5.11. The van der Waals surface area contributed by atoms with E-state index in [1.165, 1.54) is 12.7 Å². The van der Waals surface area contributed by atoms with E-state index >= 15 is 0 Å². The first-order chi connectivity index (χ1) is 14.0. The lowest BCUT2D eigenvalue weighted by Crippen LogP contribution is -2.63. The fourth-order valence-electron chi connectivity index (χ4n) is 3.85. The number of thiophene rings is 1. The molecular weight excluding hydrogens is 386 g/mol. The Morgan fingerprint density at radius 2 is 2.03 bits per heavy atom. The average Bonchev–Trinajstić information content (AvgIpc) is 3.28. The van der Waals surface area contributed by atoms with Crippen molar-refractivity contribution in [3.8, 4) is 0 Å². The van der Waals surface area contributed by atoms with Gasteiger partial charge in [-0.15, -0.1) is 11.3 Å². The van der Waals surface area contributed by atoms with Crippen molar-refractivity contribution in [3.05, 3.63) is 58.3 Å². The van der Waals surface area contributed by atoms with Gasteiger partial charge in [0, 0.05) is 18.0 Å². The van der Waals surface area contributed by atoms with Gasteiger partial charge in [0.25, 0.3) is 0 Å². The lowest BCUT2D eigenvalue weighted by Gasteiger charge is -2.41. The number of carbonyl (C=O) groups excluding carboxylic acids is 2. The van der Waals surface area contributed by atoms with Crippen molar-refractivity contribution < 1.29 is 14.3 Å². The summed E-state index contributed by atoms with van der Waals surface area (Å²) in [4.78, 5) is 28.5. The number of piperidine rings is 1. The second-order valence-corrected chi connectivity index (χ2v) is 8.51. The first kappa shape index (κ1) is 21.5. The predicted octanol–water partition coefficient (Wildman–Crippen LogP) is 2.72. The number of rotatable bonds is 8. The van der Waals surface area contributed by atoms with E-state index in [1.54, 1.807) is 11.3 Å². The molecule has 29 heavy (non-hydrogen) atoms. The number of benzene rings is 1. The van der Waals surface area contributed by atoms with Crippen molar-refractivity contribution in [2.75, 3.05) is 26.7 Å². The molecule has 0 spiro atoms. The largest absolute Gasteiger partial charge is 0.468 e. The standard InChI is InChI=1S/C22H29N3O3S/c1-17(19-10-6-13-29-19)24-20(26)14-23-22(21(27)28-2)11-7-12-25(16-22)15-18-8-4-3-5-9-18/h3-6,8-10,13,17,23H,7,11-12,14-16H2,1-2H3,(H,24,26)/t17-,22-/m0/s1. The molecular formula is C22H29N3O3S. The molecule has 0 saturated carbocycles. The minimum atomic E-state index is -0.870. The lowest BCUT2D eigenvalue weighted by atomic mass is 9.88. The van der Waals surface area contributed by atoms with Crippen LogP contribution in [0.5, 0.6) is 0 Å². The summed E-state index contributed by atoms with van der Waals surface area (Å²) in [6.45, 7) is 4.23. The quantitative estimate of drug-likeness (QED) is 0.649. The molecule has 0 bridgehead atoms. The van der Waals surface area contributed by atoms with Crippen LogP contribution in [0.25, 0.3) is 0 Å². The maximum Gasteiger partial charge on any atom is 0.327 e. The van der Waals surface area contributed by atoms with E-state index in [9.17, 15) is 9.59 Å². The van der Waals surface area contributed by atoms with Crippen LogP contribution >= 0.6 is 11.3 Å². The summed E-state index contributed by atoms with van der Waals surface area (Å²) in [6.07, 6.45) is 1.51. The number of nitrogens with one attached hydrogen (secondary N) is 2. The van der Waals surface area contributed by atoms with Gasteiger partial charge >= 0.3 is 5.97 Å². The van der Waals surface area contributed by atoms with E-state index in [1.807, 2.05) is 42.6 Å². The Kier molecular flexibility index (Phi) is 7.41. The molecule has 3 rings (SSSR count). The van der Waals surface area contributed by atoms with Gasteiger partial charge in [-0.05, 0) is 43.3 Å². The van der Waals surface area contributed by atoms with Crippen molar-refractivity contribution in [3.63, 3.8) is 0 Å². The monoisotopic (exact) mass is 415 g/mol. The molecule has 1 aromatic heterocycles. The zero-order chi connectivity index (χ0) is 20.7. The smallest absolute Gasteiger partial charge is 0.327 e. The minimum Gasteiger partial charge on any atom is -0.468 e. The molecule has 0 unspecified atom stereocenters. The zero-order valence-electron chi connectivity index (χ0n) is 17.0.